The second-order valence-corrected chi connectivity index (χ2v) is 5.71. The van der Waals surface area contributed by atoms with Crippen LogP contribution in [-0.2, 0) is 22.4 Å². The van der Waals surface area contributed by atoms with E-state index >= 15 is 0 Å². The van der Waals surface area contributed by atoms with Gasteiger partial charge in [-0.15, -0.1) is 0 Å². The normalized spacial score (nSPS) is 12.2. The molecule has 1 atom stereocenters. The molecule has 0 bridgehead atoms. The van der Waals surface area contributed by atoms with Crippen LogP contribution in [0.15, 0.2) is 48.5 Å². The summed E-state index contributed by atoms with van der Waals surface area (Å²) in [4.78, 5) is 19.3. The van der Waals surface area contributed by atoms with Crippen LogP contribution in [0.5, 0.6) is 0 Å². The second kappa shape index (κ2) is 7.27. The van der Waals surface area contributed by atoms with E-state index in [9.17, 15) is 9.90 Å². The summed E-state index contributed by atoms with van der Waals surface area (Å²) in [7, 11) is 1.31. The third kappa shape index (κ3) is 3.63. The van der Waals surface area contributed by atoms with Gasteiger partial charge < -0.3 is 14.8 Å². The first-order chi connectivity index (χ1) is 11.7. The molecule has 0 fully saturated rings. The zero-order chi connectivity index (χ0) is 16.9. The molecule has 0 aliphatic heterocycles. The average Bonchev–Trinajstić information content (AvgIpc) is 3.03. The summed E-state index contributed by atoms with van der Waals surface area (Å²) in [6, 6.07) is 15.8. The Balaban J connectivity index is 1.80. The maximum atomic E-state index is 11.4. The lowest BCUT2D eigenvalue weighted by Crippen LogP contribution is -2.08. The van der Waals surface area contributed by atoms with Crippen LogP contribution in [-0.4, -0.2) is 28.2 Å². The molecule has 0 saturated heterocycles. The fraction of sp³-hybridized carbons (Fsp3) is 0.263. The number of esters is 1. The number of methoxy groups -OCH3 is 1. The van der Waals surface area contributed by atoms with Gasteiger partial charge in [-0.05, 0) is 18.1 Å². The van der Waals surface area contributed by atoms with E-state index in [1.54, 1.807) is 6.07 Å². The first-order valence-corrected chi connectivity index (χ1v) is 7.93. The number of nitrogens with zero attached hydrogens (tertiary/aromatic N) is 1. The molecule has 0 aliphatic carbocycles. The molecule has 0 aliphatic rings. The number of carbonyl (C=O) groups excluding carboxylic acids is 1. The molecule has 5 heteroatoms. The molecule has 1 aromatic heterocycles. The summed E-state index contributed by atoms with van der Waals surface area (Å²) in [6.45, 7) is 0. The van der Waals surface area contributed by atoms with Gasteiger partial charge in [0.05, 0.1) is 30.7 Å². The predicted molar refractivity (Wildman–Crippen MR) is 91.5 cm³/mol. The number of carbonyl (C=O) groups is 1. The van der Waals surface area contributed by atoms with E-state index in [1.807, 2.05) is 30.3 Å². The number of para-hydroxylation sites is 1. The topological polar surface area (TPSA) is 75.2 Å². The van der Waals surface area contributed by atoms with Crippen LogP contribution in [0.3, 0.4) is 0 Å². The minimum atomic E-state index is -0.925. The van der Waals surface area contributed by atoms with Crippen molar-refractivity contribution in [1.29, 1.82) is 0 Å². The van der Waals surface area contributed by atoms with Gasteiger partial charge in [-0.25, -0.2) is 4.98 Å². The van der Waals surface area contributed by atoms with Gasteiger partial charge in [0, 0.05) is 12.0 Å². The number of benzene rings is 2. The Morgan fingerprint density at radius 3 is 2.71 bits per heavy atom. The molecule has 24 heavy (non-hydrogen) atoms. The number of aliphatic hydroxyl groups is 1. The van der Waals surface area contributed by atoms with Crippen molar-refractivity contribution in [3.8, 4) is 0 Å². The summed E-state index contributed by atoms with van der Waals surface area (Å²) in [6.07, 6.45) is 0.666. The third-order valence-corrected chi connectivity index (χ3v) is 4.03. The lowest BCUT2D eigenvalue weighted by molar-refractivity contribution is -0.142. The van der Waals surface area contributed by atoms with Gasteiger partial charge in [-0.2, -0.15) is 0 Å². The largest absolute Gasteiger partial charge is 0.469 e. The molecule has 5 nitrogen and oxygen atoms in total. The van der Waals surface area contributed by atoms with Crippen LogP contribution in [0.1, 0.15) is 29.5 Å². The van der Waals surface area contributed by atoms with Crippen molar-refractivity contribution in [2.24, 2.45) is 0 Å². The number of aromatic nitrogens is 2. The fourth-order valence-electron chi connectivity index (χ4n) is 2.75. The first-order valence-electron chi connectivity index (χ1n) is 7.93. The van der Waals surface area contributed by atoms with E-state index in [-0.39, 0.29) is 6.42 Å². The van der Waals surface area contributed by atoms with Gasteiger partial charge >= 0.3 is 5.97 Å². The Labute approximate surface area is 140 Å². The highest BCUT2D eigenvalue weighted by atomic mass is 16.5. The Morgan fingerprint density at radius 2 is 1.96 bits per heavy atom. The lowest BCUT2D eigenvalue weighted by atomic mass is 10.1. The molecule has 1 unspecified atom stereocenters. The molecule has 3 rings (SSSR count). The number of H-pyrrole nitrogens is 1. The molecule has 124 valence electrons. The summed E-state index contributed by atoms with van der Waals surface area (Å²) in [5.41, 5.74) is 3.46. The number of rotatable bonds is 6. The molecule has 0 radical (unpaired) electrons. The van der Waals surface area contributed by atoms with Gasteiger partial charge in [-0.3, -0.25) is 4.79 Å². The van der Waals surface area contributed by atoms with Crippen LogP contribution in [0.4, 0.5) is 0 Å². The number of nitrogens with one attached hydrogen (secondary N) is 1. The van der Waals surface area contributed by atoms with Crippen molar-refractivity contribution >= 4 is 17.0 Å². The number of aryl methyl sites for hydroxylation is 2. The van der Waals surface area contributed by atoms with Crippen LogP contribution < -0.4 is 0 Å². The minimum Gasteiger partial charge on any atom is -0.469 e. The fourth-order valence-corrected chi connectivity index (χ4v) is 2.75. The van der Waals surface area contributed by atoms with Crippen molar-refractivity contribution < 1.29 is 14.6 Å². The SMILES string of the molecule is COC(=O)CC(O)c1cccc2[nH]c(CCc3ccccc3)nc12. The van der Waals surface area contributed by atoms with E-state index in [2.05, 4.69) is 26.8 Å². The zero-order valence-corrected chi connectivity index (χ0v) is 13.5. The smallest absolute Gasteiger partial charge is 0.308 e. The van der Waals surface area contributed by atoms with Crippen molar-refractivity contribution in [2.45, 2.75) is 25.4 Å². The zero-order valence-electron chi connectivity index (χ0n) is 13.5. The maximum Gasteiger partial charge on any atom is 0.308 e. The molecule has 3 aromatic rings. The second-order valence-electron chi connectivity index (χ2n) is 5.71. The van der Waals surface area contributed by atoms with Crippen LogP contribution in [0, 0.1) is 0 Å². The van der Waals surface area contributed by atoms with E-state index < -0.39 is 12.1 Å². The first kappa shape index (κ1) is 16.2. The lowest BCUT2D eigenvalue weighted by Gasteiger charge is -2.09. The minimum absolute atomic E-state index is 0.0815. The number of hydrogen-bond donors (Lipinski definition) is 2. The molecule has 2 aromatic carbocycles. The molecular formula is C19H20N2O3. The van der Waals surface area contributed by atoms with Gasteiger partial charge in [-0.1, -0.05) is 42.5 Å². The Bertz CT molecular complexity index is 827. The van der Waals surface area contributed by atoms with E-state index in [0.29, 0.717) is 11.1 Å². The van der Waals surface area contributed by atoms with Crippen molar-refractivity contribution in [3.63, 3.8) is 0 Å². The maximum absolute atomic E-state index is 11.4. The number of aromatic amines is 1. The third-order valence-electron chi connectivity index (χ3n) is 4.03. The molecule has 2 N–H and O–H groups in total. The van der Waals surface area contributed by atoms with Crippen molar-refractivity contribution in [1.82, 2.24) is 9.97 Å². The Kier molecular flexibility index (Phi) is 4.91. The standard InChI is InChI=1S/C19H20N2O3/c1-24-18(23)12-16(22)14-8-5-9-15-19(14)21-17(20-15)11-10-13-6-3-2-4-7-13/h2-9,16,22H,10-12H2,1H3,(H,20,21). The van der Waals surface area contributed by atoms with Crippen molar-refractivity contribution in [3.05, 3.63) is 65.5 Å². The summed E-state index contributed by atoms with van der Waals surface area (Å²) in [5.74, 6) is 0.422. The summed E-state index contributed by atoms with van der Waals surface area (Å²) < 4.78 is 4.62. The van der Waals surface area contributed by atoms with Gasteiger partial charge in [0.1, 0.15) is 5.82 Å². The van der Waals surface area contributed by atoms with Crippen LogP contribution in [0.25, 0.3) is 11.0 Å². The Hall–Kier alpha value is -2.66. The van der Waals surface area contributed by atoms with E-state index in [0.717, 1.165) is 24.2 Å². The van der Waals surface area contributed by atoms with Gasteiger partial charge in [0.2, 0.25) is 0 Å². The number of aliphatic hydroxyl groups excluding tert-OH is 1. The highest BCUT2D eigenvalue weighted by molar-refractivity contribution is 5.80. The molecule has 0 spiro atoms. The van der Waals surface area contributed by atoms with Crippen LogP contribution in [0.2, 0.25) is 0 Å². The average molecular weight is 324 g/mol. The molecule has 0 saturated carbocycles. The predicted octanol–water partition coefficient (Wildman–Crippen LogP) is 2.94. The molecule has 1 heterocycles. The number of fused-ring (bicyclic) bond motifs is 1. The summed E-state index contributed by atoms with van der Waals surface area (Å²) >= 11 is 0. The van der Waals surface area contributed by atoms with E-state index in [1.165, 1.54) is 12.7 Å². The monoisotopic (exact) mass is 324 g/mol. The highest BCUT2D eigenvalue weighted by Gasteiger charge is 2.18. The Morgan fingerprint density at radius 1 is 1.17 bits per heavy atom. The summed E-state index contributed by atoms with van der Waals surface area (Å²) in [5, 5.41) is 10.3. The molecule has 0 amide bonds. The molecular weight excluding hydrogens is 304 g/mol. The number of hydrogen-bond acceptors (Lipinski definition) is 4. The van der Waals surface area contributed by atoms with E-state index in [4.69, 9.17) is 0 Å². The number of ether oxygens (including phenoxy) is 1. The highest BCUT2D eigenvalue weighted by Crippen LogP contribution is 2.25. The van der Waals surface area contributed by atoms with Gasteiger partial charge in [0.15, 0.2) is 0 Å². The van der Waals surface area contributed by atoms with Gasteiger partial charge in [0.25, 0.3) is 0 Å². The number of imidazole rings is 1. The van der Waals surface area contributed by atoms with Crippen LogP contribution >= 0.6 is 0 Å². The quantitative estimate of drug-likeness (QED) is 0.684. The van der Waals surface area contributed by atoms with Crippen molar-refractivity contribution in [2.75, 3.05) is 7.11 Å².